The summed E-state index contributed by atoms with van der Waals surface area (Å²) in [6, 6.07) is 0.481. The molecule has 4 nitrogen and oxygen atoms in total. The van der Waals surface area contributed by atoms with Gasteiger partial charge in [0.15, 0.2) is 0 Å². The number of esters is 1. The molecule has 0 radical (unpaired) electrons. The van der Waals surface area contributed by atoms with E-state index in [1.54, 1.807) is 0 Å². The van der Waals surface area contributed by atoms with E-state index in [4.69, 9.17) is 4.74 Å². The Kier molecular flexibility index (Phi) is 3.26. The second kappa shape index (κ2) is 4.49. The van der Waals surface area contributed by atoms with E-state index in [2.05, 4.69) is 10.6 Å². The summed E-state index contributed by atoms with van der Waals surface area (Å²) in [5, 5.41) is 6.77. The third-order valence-electron chi connectivity index (χ3n) is 3.58. The molecule has 15 heavy (non-hydrogen) atoms. The summed E-state index contributed by atoms with van der Waals surface area (Å²) in [7, 11) is 1.48. The molecule has 2 heterocycles. The first-order valence-corrected chi connectivity index (χ1v) is 5.84. The lowest BCUT2D eigenvalue weighted by Crippen LogP contribution is -2.51. The summed E-state index contributed by atoms with van der Waals surface area (Å²) in [4.78, 5) is 11.8. The van der Waals surface area contributed by atoms with E-state index in [1.807, 2.05) is 0 Å². The smallest absolute Gasteiger partial charge is 0.326 e. The molecule has 2 fully saturated rings. The van der Waals surface area contributed by atoms with Gasteiger partial charge in [0.1, 0.15) is 5.54 Å². The van der Waals surface area contributed by atoms with Crippen LogP contribution in [0.25, 0.3) is 0 Å². The first-order chi connectivity index (χ1) is 7.27. The Hall–Kier alpha value is -0.610. The molecule has 0 aromatic carbocycles. The monoisotopic (exact) mass is 212 g/mol. The average molecular weight is 212 g/mol. The number of hydrogen-bond donors (Lipinski definition) is 2. The molecule has 0 aromatic heterocycles. The second-order valence-electron chi connectivity index (χ2n) is 4.60. The van der Waals surface area contributed by atoms with Crippen molar-refractivity contribution >= 4 is 5.97 Å². The van der Waals surface area contributed by atoms with Gasteiger partial charge >= 0.3 is 5.97 Å². The van der Waals surface area contributed by atoms with Crippen molar-refractivity contribution in [2.75, 3.05) is 20.2 Å². The molecule has 0 aromatic rings. The molecular formula is C11H20N2O2. The highest BCUT2D eigenvalue weighted by Gasteiger charge is 2.43. The van der Waals surface area contributed by atoms with Crippen molar-refractivity contribution in [2.24, 2.45) is 0 Å². The highest BCUT2D eigenvalue weighted by atomic mass is 16.5. The fraction of sp³-hybridized carbons (Fsp3) is 0.909. The van der Waals surface area contributed by atoms with Gasteiger partial charge < -0.3 is 15.4 Å². The SMILES string of the molecule is COC(=O)C1(CC2CCCN2)CCCN1. The maximum Gasteiger partial charge on any atom is 0.326 e. The average Bonchev–Trinajstić information content (AvgIpc) is 2.89. The van der Waals surface area contributed by atoms with Gasteiger partial charge in [-0.05, 0) is 45.2 Å². The van der Waals surface area contributed by atoms with Gasteiger partial charge in [-0.25, -0.2) is 0 Å². The van der Waals surface area contributed by atoms with Crippen LogP contribution in [0.5, 0.6) is 0 Å². The molecule has 2 saturated heterocycles. The first-order valence-electron chi connectivity index (χ1n) is 5.84. The van der Waals surface area contributed by atoms with E-state index in [9.17, 15) is 4.79 Å². The Labute approximate surface area is 90.8 Å². The van der Waals surface area contributed by atoms with Crippen LogP contribution in [0.1, 0.15) is 32.1 Å². The molecule has 2 unspecified atom stereocenters. The standard InChI is InChI=1S/C11H20N2O2/c1-15-10(14)11(5-3-7-13-11)8-9-4-2-6-12-9/h9,12-13H,2-8H2,1H3. The van der Waals surface area contributed by atoms with Crippen molar-refractivity contribution in [2.45, 2.75) is 43.7 Å². The summed E-state index contributed by atoms with van der Waals surface area (Å²) in [5.41, 5.74) is -0.406. The van der Waals surface area contributed by atoms with Gasteiger partial charge in [0, 0.05) is 6.04 Å². The van der Waals surface area contributed by atoms with Gasteiger partial charge in [-0.3, -0.25) is 4.79 Å². The number of carbonyl (C=O) groups excluding carboxylic acids is 1. The second-order valence-corrected chi connectivity index (χ2v) is 4.60. The van der Waals surface area contributed by atoms with Crippen molar-refractivity contribution in [1.29, 1.82) is 0 Å². The summed E-state index contributed by atoms with van der Waals surface area (Å²) in [5.74, 6) is -0.0892. The molecule has 4 heteroatoms. The minimum atomic E-state index is -0.406. The molecule has 0 saturated carbocycles. The Morgan fingerprint density at radius 1 is 1.47 bits per heavy atom. The van der Waals surface area contributed by atoms with Gasteiger partial charge in [0.2, 0.25) is 0 Å². The lowest BCUT2D eigenvalue weighted by atomic mass is 9.89. The van der Waals surface area contributed by atoms with Crippen LogP contribution < -0.4 is 10.6 Å². The highest BCUT2D eigenvalue weighted by Crippen LogP contribution is 2.28. The van der Waals surface area contributed by atoms with Crippen LogP contribution in [-0.4, -0.2) is 37.7 Å². The van der Waals surface area contributed by atoms with Crippen LogP contribution in [-0.2, 0) is 9.53 Å². The van der Waals surface area contributed by atoms with E-state index in [0.717, 1.165) is 32.4 Å². The summed E-state index contributed by atoms with van der Waals surface area (Å²) >= 11 is 0. The van der Waals surface area contributed by atoms with E-state index in [-0.39, 0.29) is 5.97 Å². The quantitative estimate of drug-likeness (QED) is 0.666. The van der Waals surface area contributed by atoms with Crippen LogP contribution in [0, 0.1) is 0 Å². The van der Waals surface area contributed by atoms with Crippen molar-refractivity contribution in [3.05, 3.63) is 0 Å². The van der Waals surface area contributed by atoms with Gasteiger partial charge in [-0.15, -0.1) is 0 Å². The molecule has 2 N–H and O–H groups in total. The molecule has 0 spiro atoms. The van der Waals surface area contributed by atoms with Crippen LogP contribution in [0.3, 0.4) is 0 Å². The third-order valence-corrected chi connectivity index (χ3v) is 3.58. The predicted molar refractivity (Wildman–Crippen MR) is 57.6 cm³/mol. The number of carbonyl (C=O) groups is 1. The molecule has 0 aliphatic carbocycles. The molecule has 2 rings (SSSR count). The fourth-order valence-corrected chi connectivity index (χ4v) is 2.78. The van der Waals surface area contributed by atoms with Crippen molar-refractivity contribution in [1.82, 2.24) is 10.6 Å². The molecule has 2 aliphatic heterocycles. The molecule has 0 bridgehead atoms. The minimum absolute atomic E-state index is 0.0892. The zero-order valence-electron chi connectivity index (χ0n) is 9.34. The molecule has 86 valence electrons. The van der Waals surface area contributed by atoms with Gasteiger partial charge in [-0.2, -0.15) is 0 Å². The van der Waals surface area contributed by atoms with Crippen LogP contribution in [0.15, 0.2) is 0 Å². The number of nitrogens with one attached hydrogen (secondary N) is 2. The summed E-state index contributed by atoms with van der Waals surface area (Å²) < 4.78 is 4.92. The normalized spacial score (nSPS) is 35.7. The van der Waals surface area contributed by atoms with E-state index < -0.39 is 5.54 Å². The number of hydrogen-bond acceptors (Lipinski definition) is 4. The Morgan fingerprint density at radius 3 is 2.87 bits per heavy atom. The van der Waals surface area contributed by atoms with Crippen molar-refractivity contribution in [3.63, 3.8) is 0 Å². The Bertz CT molecular complexity index is 231. The van der Waals surface area contributed by atoms with Crippen molar-refractivity contribution in [3.8, 4) is 0 Å². The fourth-order valence-electron chi connectivity index (χ4n) is 2.78. The lowest BCUT2D eigenvalue weighted by Gasteiger charge is -2.29. The van der Waals surface area contributed by atoms with Crippen molar-refractivity contribution < 1.29 is 9.53 Å². The van der Waals surface area contributed by atoms with E-state index >= 15 is 0 Å². The topological polar surface area (TPSA) is 50.4 Å². The number of rotatable bonds is 3. The Balaban J connectivity index is 2.01. The minimum Gasteiger partial charge on any atom is -0.468 e. The maximum atomic E-state index is 11.8. The largest absolute Gasteiger partial charge is 0.468 e. The molecule has 2 atom stereocenters. The number of methoxy groups -OCH3 is 1. The summed E-state index contributed by atoms with van der Waals surface area (Å²) in [6.45, 7) is 2.02. The predicted octanol–water partition coefficient (Wildman–Crippen LogP) is 0.424. The van der Waals surface area contributed by atoms with E-state index in [0.29, 0.717) is 6.04 Å². The third kappa shape index (κ3) is 2.16. The zero-order chi connectivity index (χ0) is 10.7. The summed E-state index contributed by atoms with van der Waals surface area (Å²) in [6.07, 6.45) is 5.27. The lowest BCUT2D eigenvalue weighted by molar-refractivity contribution is -0.148. The highest BCUT2D eigenvalue weighted by molar-refractivity contribution is 5.81. The van der Waals surface area contributed by atoms with Crippen LogP contribution in [0.4, 0.5) is 0 Å². The maximum absolute atomic E-state index is 11.8. The molecule has 2 aliphatic rings. The number of ether oxygens (including phenoxy) is 1. The Morgan fingerprint density at radius 2 is 2.33 bits per heavy atom. The molecular weight excluding hydrogens is 192 g/mol. The van der Waals surface area contributed by atoms with E-state index in [1.165, 1.54) is 20.0 Å². The zero-order valence-corrected chi connectivity index (χ0v) is 9.34. The first kappa shape index (κ1) is 10.9. The van der Waals surface area contributed by atoms with Gasteiger partial charge in [-0.1, -0.05) is 0 Å². The van der Waals surface area contributed by atoms with Gasteiger partial charge in [0.25, 0.3) is 0 Å². The van der Waals surface area contributed by atoms with Gasteiger partial charge in [0.05, 0.1) is 7.11 Å². The molecule has 0 amide bonds. The van der Waals surface area contributed by atoms with Crippen LogP contribution in [0.2, 0.25) is 0 Å². The van der Waals surface area contributed by atoms with Crippen LogP contribution >= 0.6 is 0 Å².